The largest absolute Gasteiger partial charge is 0.463 e. The van der Waals surface area contributed by atoms with Gasteiger partial charge in [-0.1, -0.05) is 47.6 Å². The zero-order valence-electron chi connectivity index (χ0n) is 21.8. The van der Waals surface area contributed by atoms with E-state index in [-0.39, 0.29) is 35.8 Å². The van der Waals surface area contributed by atoms with Gasteiger partial charge in [-0.25, -0.2) is 4.79 Å². The normalized spacial score (nSPS) is 22.3. The molecule has 0 aliphatic carbocycles. The van der Waals surface area contributed by atoms with E-state index >= 15 is 0 Å². The second kappa shape index (κ2) is 11.8. The molecule has 184 valence electrons. The molecule has 0 bridgehead atoms. The van der Waals surface area contributed by atoms with Crippen LogP contribution in [0.1, 0.15) is 68.2 Å². The molecule has 0 radical (unpaired) electrons. The van der Waals surface area contributed by atoms with Crippen molar-refractivity contribution in [1.82, 2.24) is 15.1 Å². The third-order valence-electron chi connectivity index (χ3n) is 6.33. The van der Waals surface area contributed by atoms with Gasteiger partial charge in [0.25, 0.3) is 0 Å². The molecule has 7 heteroatoms. The lowest BCUT2D eigenvalue weighted by Crippen LogP contribution is -2.60. The number of amides is 2. The predicted octanol–water partition coefficient (Wildman–Crippen LogP) is 3.24. The number of likely N-dealkylation sites (N-methyl/N-ethyl adjacent to an activating group) is 2. The monoisotopic (exact) mass is 451 g/mol. The molecule has 2 amide bonds. The van der Waals surface area contributed by atoms with Crippen LogP contribution in [0.3, 0.4) is 0 Å². The summed E-state index contributed by atoms with van der Waals surface area (Å²) in [7, 11) is 3.70. The second-order valence-corrected chi connectivity index (χ2v) is 10.7. The number of likely N-dealkylation sites (tertiary alicyclic amines) is 1. The van der Waals surface area contributed by atoms with E-state index in [2.05, 4.69) is 17.1 Å². The van der Waals surface area contributed by atoms with Gasteiger partial charge >= 0.3 is 5.97 Å². The number of ether oxygens (including phenoxy) is 1. The van der Waals surface area contributed by atoms with Crippen LogP contribution in [0.25, 0.3) is 0 Å². The van der Waals surface area contributed by atoms with Crippen molar-refractivity contribution in [3.8, 4) is 0 Å². The fourth-order valence-corrected chi connectivity index (χ4v) is 4.12. The SMILES string of the molecule is CCOC(=O)/C(C)=C/[C@H](C(C)C)N(C)C(=O)C(NC(=O)C1C[C@H](C)CCN1C)C(C)(C)C. The standard InChI is InChI=1S/C25H45N3O4/c1-11-32-24(31)18(5)15-19(16(2)3)28(10)23(30)21(25(6,7)8)26-22(29)20-14-17(4)12-13-27(20)9/h15-17,19-21H,11-14H2,1-10H3,(H,26,29)/b18-15+/t17-,19-,20?,21?/m1/s1. The molecule has 0 spiro atoms. The van der Waals surface area contributed by atoms with Gasteiger partial charge in [0.1, 0.15) is 6.04 Å². The Labute approximate surface area is 194 Å². The number of piperidine rings is 1. The van der Waals surface area contributed by atoms with Gasteiger partial charge in [-0.3, -0.25) is 14.5 Å². The van der Waals surface area contributed by atoms with Gasteiger partial charge in [-0.05, 0) is 57.5 Å². The lowest BCUT2D eigenvalue weighted by molar-refractivity contribution is -0.142. The van der Waals surface area contributed by atoms with Crippen molar-refractivity contribution in [3.05, 3.63) is 11.6 Å². The minimum Gasteiger partial charge on any atom is -0.463 e. The summed E-state index contributed by atoms with van der Waals surface area (Å²) in [5.41, 5.74) is 0.000687. The molecule has 1 rings (SSSR count). The molecule has 0 aromatic heterocycles. The molecule has 1 aliphatic rings. The molecule has 1 heterocycles. The zero-order valence-corrected chi connectivity index (χ0v) is 21.8. The van der Waals surface area contributed by atoms with Crippen LogP contribution in [-0.4, -0.2) is 73.0 Å². The molecule has 1 aliphatic heterocycles. The highest BCUT2D eigenvalue weighted by Gasteiger charge is 2.39. The second-order valence-electron chi connectivity index (χ2n) is 10.7. The Hall–Kier alpha value is -1.89. The maximum Gasteiger partial charge on any atom is 0.333 e. The van der Waals surface area contributed by atoms with E-state index in [9.17, 15) is 14.4 Å². The first-order valence-electron chi connectivity index (χ1n) is 11.8. The maximum atomic E-state index is 13.6. The van der Waals surface area contributed by atoms with Crippen LogP contribution in [0.5, 0.6) is 0 Å². The van der Waals surface area contributed by atoms with Gasteiger partial charge in [0.15, 0.2) is 0 Å². The first kappa shape index (κ1) is 28.1. The number of rotatable bonds is 8. The van der Waals surface area contributed by atoms with Gasteiger partial charge < -0.3 is 15.0 Å². The molecule has 4 atom stereocenters. The third kappa shape index (κ3) is 7.61. The maximum absolute atomic E-state index is 13.6. The Morgan fingerprint density at radius 2 is 1.84 bits per heavy atom. The fourth-order valence-electron chi connectivity index (χ4n) is 4.12. The lowest BCUT2D eigenvalue weighted by atomic mass is 9.84. The van der Waals surface area contributed by atoms with Crippen molar-refractivity contribution in [1.29, 1.82) is 0 Å². The highest BCUT2D eigenvalue weighted by molar-refractivity contribution is 5.91. The number of nitrogens with one attached hydrogen (secondary N) is 1. The smallest absolute Gasteiger partial charge is 0.333 e. The fraction of sp³-hybridized carbons (Fsp3) is 0.800. The number of hydrogen-bond donors (Lipinski definition) is 1. The lowest BCUT2D eigenvalue weighted by Gasteiger charge is -2.40. The molecule has 2 unspecified atom stereocenters. The van der Waals surface area contributed by atoms with E-state index < -0.39 is 11.5 Å². The highest BCUT2D eigenvalue weighted by Crippen LogP contribution is 2.26. The Balaban J connectivity index is 3.12. The number of carbonyl (C=O) groups is 3. The Morgan fingerprint density at radius 3 is 2.34 bits per heavy atom. The molecule has 1 fully saturated rings. The molecule has 32 heavy (non-hydrogen) atoms. The van der Waals surface area contributed by atoms with E-state index in [1.165, 1.54) is 0 Å². The average molecular weight is 452 g/mol. The van der Waals surface area contributed by atoms with E-state index in [1.807, 2.05) is 41.7 Å². The summed E-state index contributed by atoms with van der Waals surface area (Å²) in [6.45, 7) is 16.7. The van der Waals surface area contributed by atoms with Gasteiger partial charge in [0.2, 0.25) is 11.8 Å². The minimum absolute atomic E-state index is 0.0787. The quantitative estimate of drug-likeness (QED) is 0.453. The molecule has 0 aromatic rings. The average Bonchev–Trinajstić information content (AvgIpc) is 2.69. The van der Waals surface area contributed by atoms with Crippen LogP contribution in [0.15, 0.2) is 11.6 Å². The van der Waals surface area contributed by atoms with Crippen molar-refractivity contribution in [2.24, 2.45) is 17.3 Å². The number of carbonyl (C=O) groups excluding carboxylic acids is 3. The molecule has 7 nitrogen and oxygen atoms in total. The Kier molecular flexibility index (Phi) is 10.4. The van der Waals surface area contributed by atoms with Gasteiger partial charge in [-0.15, -0.1) is 0 Å². The molecular formula is C25H45N3O4. The van der Waals surface area contributed by atoms with E-state index in [1.54, 1.807) is 31.9 Å². The Morgan fingerprint density at radius 1 is 1.25 bits per heavy atom. The summed E-state index contributed by atoms with van der Waals surface area (Å²) in [5, 5.41) is 3.06. The predicted molar refractivity (Wildman–Crippen MR) is 128 cm³/mol. The van der Waals surface area contributed by atoms with Crippen molar-refractivity contribution in [3.63, 3.8) is 0 Å². The summed E-state index contributed by atoms with van der Waals surface area (Å²) in [5.74, 6) is -0.0807. The minimum atomic E-state index is -0.678. The van der Waals surface area contributed by atoms with Crippen molar-refractivity contribution in [2.45, 2.75) is 86.4 Å². The van der Waals surface area contributed by atoms with Crippen LogP contribution in [0.2, 0.25) is 0 Å². The van der Waals surface area contributed by atoms with Crippen LogP contribution in [0.4, 0.5) is 0 Å². The van der Waals surface area contributed by atoms with E-state index in [0.717, 1.165) is 19.4 Å². The van der Waals surface area contributed by atoms with Crippen molar-refractivity contribution in [2.75, 3.05) is 27.2 Å². The van der Waals surface area contributed by atoms with Crippen LogP contribution < -0.4 is 5.32 Å². The molecular weight excluding hydrogens is 406 g/mol. The van der Waals surface area contributed by atoms with Crippen molar-refractivity contribution < 1.29 is 19.1 Å². The topological polar surface area (TPSA) is 79.0 Å². The van der Waals surface area contributed by atoms with E-state index in [4.69, 9.17) is 4.74 Å². The number of esters is 1. The summed E-state index contributed by atoms with van der Waals surface area (Å²) >= 11 is 0. The zero-order chi connectivity index (χ0) is 24.8. The van der Waals surface area contributed by atoms with Gasteiger partial charge in [0, 0.05) is 12.6 Å². The number of hydrogen-bond acceptors (Lipinski definition) is 5. The summed E-state index contributed by atoms with van der Waals surface area (Å²) < 4.78 is 5.09. The van der Waals surface area contributed by atoms with Crippen LogP contribution >= 0.6 is 0 Å². The molecule has 1 N–H and O–H groups in total. The first-order chi connectivity index (χ1) is 14.7. The van der Waals surface area contributed by atoms with Crippen molar-refractivity contribution >= 4 is 17.8 Å². The molecule has 0 saturated carbocycles. The summed E-state index contributed by atoms with van der Waals surface area (Å²) in [6.07, 6.45) is 3.66. The third-order valence-corrected chi connectivity index (χ3v) is 6.33. The summed E-state index contributed by atoms with van der Waals surface area (Å²) in [4.78, 5) is 42.6. The Bertz CT molecular complexity index is 696. The van der Waals surface area contributed by atoms with Gasteiger partial charge in [-0.2, -0.15) is 0 Å². The molecule has 1 saturated heterocycles. The highest BCUT2D eigenvalue weighted by atomic mass is 16.5. The van der Waals surface area contributed by atoms with Crippen LogP contribution in [-0.2, 0) is 19.1 Å². The molecule has 0 aromatic carbocycles. The first-order valence-corrected chi connectivity index (χ1v) is 11.8. The van der Waals surface area contributed by atoms with Crippen LogP contribution in [0, 0.1) is 17.3 Å². The van der Waals surface area contributed by atoms with Gasteiger partial charge in [0.05, 0.1) is 18.7 Å². The van der Waals surface area contributed by atoms with E-state index in [0.29, 0.717) is 18.1 Å². The number of nitrogens with zero attached hydrogens (tertiary/aromatic N) is 2. The summed E-state index contributed by atoms with van der Waals surface area (Å²) in [6, 6.07) is -1.21.